The van der Waals surface area contributed by atoms with Crippen molar-refractivity contribution in [3.8, 4) is 28.4 Å². The molecule has 0 saturated heterocycles. The predicted octanol–water partition coefficient (Wildman–Crippen LogP) is 6.10. The van der Waals surface area contributed by atoms with Crippen LogP contribution in [0, 0.1) is 6.92 Å². The van der Waals surface area contributed by atoms with Gasteiger partial charge in [0.05, 0.1) is 11.3 Å². The Labute approximate surface area is 187 Å². The van der Waals surface area contributed by atoms with E-state index in [1.54, 1.807) is 6.20 Å². The number of fused-ring (bicyclic) bond motifs is 1. The lowest BCUT2D eigenvalue weighted by atomic mass is 10.00. The van der Waals surface area contributed by atoms with Gasteiger partial charge < -0.3 is 9.67 Å². The first kappa shape index (κ1) is 20.0. The Morgan fingerprint density at radius 1 is 0.875 bits per heavy atom. The van der Waals surface area contributed by atoms with Gasteiger partial charge in [-0.05, 0) is 59.9 Å². The summed E-state index contributed by atoms with van der Waals surface area (Å²) in [5.74, 6) is 1.06. The minimum Gasteiger partial charge on any atom is -0.507 e. The van der Waals surface area contributed by atoms with Crippen LogP contribution in [0.25, 0.3) is 33.4 Å². The smallest absolute Gasteiger partial charge is 0.143 e. The molecule has 0 saturated carbocycles. The summed E-state index contributed by atoms with van der Waals surface area (Å²) in [5, 5.41) is 13.3. The maximum absolute atomic E-state index is 10.9. The molecule has 0 amide bonds. The number of phenolic OH excluding ortho intramolecular Hbond substituents is 1. The molecule has 32 heavy (non-hydrogen) atoms. The molecule has 0 aliphatic heterocycles. The minimum absolute atomic E-state index is 0.295. The van der Waals surface area contributed by atoms with Gasteiger partial charge in [0.25, 0.3) is 0 Å². The van der Waals surface area contributed by atoms with Gasteiger partial charge in [-0.1, -0.05) is 54.6 Å². The van der Waals surface area contributed by atoms with E-state index in [0.29, 0.717) is 12.2 Å². The number of rotatable bonds is 5. The molecule has 3 aromatic carbocycles. The fraction of sp³-hybridized carbons (Fsp3) is 0.143. The van der Waals surface area contributed by atoms with Crippen molar-refractivity contribution in [2.24, 2.45) is 7.05 Å². The molecule has 4 nitrogen and oxygen atoms in total. The fourth-order valence-electron chi connectivity index (χ4n) is 4.20. The molecule has 0 radical (unpaired) electrons. The van der Waals surface area contributed by atoms with Crippen molar-refractivity contribution in [2.45, 2.75) is 19.8 Å². The average molecular weight is 420 g/mol. The lowest BCUT2D eigenvalue weighted by Crippen LogP contribution is -1.99. The van der Waals surface area contributed by atoms with E-state index >= 15 is 0 Å². The first-order valence-corrected chi connectivity index (χ1v) is 10.8. The summed E-state index contributed by atoms with van der Waals surface area (Å²) in [6, 6.07) is 25.0. The first-order chi connectivity index (χ1) is 15.6. The third-order valence-electron chi connectivity index (χ3n) is 6.01. The first-order valence-electron chi connectivity index (χ1n) is 10.8. The molecule has 0 aliphatic carbocycles. The molecule has 0 bridgehead atoms. The molecule has 2 heterocycles. The van der Waals surface area contributed by atoms with E-state index in [9.17, 15) is 5.11 Å². The molecule has 0 aliphatic rings. The molecular weight excluding hydrogens is 394 g/mol. The van der Waals surface area contributed by atoms with Crippen LogP contribution in [0.4, 0.5) is 0 Å². The summed E-state index contributed by atoms with van der Waals surface area (Å²) in [6.07, 6.45) is 5.08. The Hall–Kier alpha value is -3.92. The second-order valence-corrected chi connectivity index (χ2v) is 8.21. The molecule has 4 heteroatoms. The maximum Gasteiger partial charge on any atom is 0.143 e. The largest absolute Gasteiger partial charge is 0.507 e. The van der Waals surface area contributed by atoms with Crippen LogP contribution in [0.3, 0.4) is 0 Å². The van der Waals surface area contributed by atoms with Gasteiger partial charge in [0.2, 0.25) is 0 Å². The van der Waals surface area contributed by atoms with Crippen molar-refractivity contribution in [1.29, 1.82) is 0 Å². The summed E-state index contributed by atoms with van der Waals surface area (Å²) in [4.78, 5) is 9.36. The van der Waals surface area contributed by atoms with Crippen molar-refractivity contribution < 1.29 is 5.11 Å². The Balaban J connectivity index is 1.42. The van der Waals surface area contributed by atoms with Gasteiger partial charge in [-0.25, -0.2) is 4.98 Å². The zero-order chi connectivity index (χ0) is 22.1. The highest BCUT2D eigenvalue weighted by Crippen LogP contribution is 2.32. The standard InChI is InChI=1S/C28H25N3O/c1-19-10-14-24(30-26(19)23-12-11-20-6-3-4-7-22(20)18-23)15-13-21-8-5-9-25(27(21)32)28-29-16-17-31(28)2/h3-12,14,16-18,32H,13,15H2,1-2H3. The van der Waals surface area contributed by atoms with Crippen LogP contribution < -0.4 is 0 Å². The van der Waals surface area contributed by atoms with Crippen LogP contribution in [0.15, 0.2) is 85.2 Å². The summed E-state index contributed by atoms with van der Waals surface area (Å²) in [6.45, 7) is 2.10. The van der Waals surface area contributed by atoms with Gasteiger partial charge in [0, 0.05) is 30.7 Å². The monoisotopic (exact) mass is 419 g/mol. The van der Waals surface area contributed by atoms with Gasteiger partial charge in [-0.15, -0.1) is 0 Å². The van der Waals surface area contributed by atoms with E-state index in [1.165, 1.54) is 10.8 Å². The highest BCUT2D eigenvalue weighted by molar-refractivity contribution is 5.87. The fourth-order valence-corrected chi connectivity index (χ4v) is 4.20. The van der Waals surface area contributed by atoms with E-state index < -0.39 is 0 Å². The van der Waals surface area contributed by atoms with Crippen molar-refractivity contribution in [1.82, 2.24) is 14.5 Å². The van der Waals surface area contributed by atoms with Crippen LogP contribution in [-0.2, 0) is 19.9 Å². The molecule has 0 fully saturated rings. The van der Waals surface area contributed by atoms with Crippen molar-refractivity contribution >= 4 is 10.8 Å². The number of benzene rings is 3. The Kier molecular flexibility index (Phi) is 5.20. The van der Waals surface area contributed by atoms with E-state index in [1.807, 2.05) is 36.0 Å². The van der Waals surface area contributed by atoms with Crippen molar-refractivity contribution in [2.75, 3.05) is 0 Å². The van der Waals surface area contributed by atoms with Gasteiger partial charge >= 0.3 is 0 Å². The third kappa shape index (κ3) is 3.76. The summed E-state index contributed by atoms with van der Waals surface area (Å²) in [5.41, 5.74) is 5.97. The highest BCUT2D eigenvalue weighted by atomic mass is 16.3. The highest BCUT2D eigenvalue weighted by Gasteiger charge is 2.13. The van der Waals surface area contributed by atoms with Crippen LogP contribution >= 0.6 is 0 Å². The zero-order valence-corrected chi connectivity index (χ0v) is 18.3. The summed E-state index contributed by atoms with van der Waals surface area (Å²) >= 11 is 0. The van der Waals surface area contributed by atoms with Gasteiger partial charge in [-0.3, -0.25) is 4.98 Å². The molecule has 5 rings (SSSR count). The van der Waals surface area contributed by atoms with E-state index in [4.69, 9.17) is 4.98 Å². The lowest BCUT2D eigenvalue weighted by Gasteiger charge is -2.12. The second-order valence-electron chi connectivity index (χ2n) is 8.21. The number of aromatic hydroxyl groups is 1. The van der Waals surface area contributed by atoms with Crippen LogP contribution in [-0.4, -0.2) is 19.6 Å². The molecule has 2 aromatic heterocycles. The summed E-state index contributed by atoms with van der Waals surface area (Å²) < 4.78 is 1.91. The lowest BCUT2D eigenvalue weighted by molar-refractivity contribution is 0.469. The number of hydrogen-bond acceptors (Lipinski definition) is 3. The Bertz CT molecular complexity index is 1420. The van der Waals surface area contributed by atoms with E-state index in [2.05, 4.69) is 66.5 Å². The number of aromatic nitrogens is 3. The quantitative estimate of drug-likeness (QED) is 0.374. The average Bonchev–Trinajstić information content (AvgIpc) is 3.24. The summed E-state index contributed by atoms with van der Waals surface area (Å²) in [7, 11) is 1.93. The van der Waals surface area contributed by atoms with Gasteiger partial charge in [0.15, 0.2) is 0 Å². The molecule has 5 aromatic rings. The third-order valence-corrected chi connectivity index (χ3v) is 6.01. The molecule has 1 N–H and O–H groups in total. The number of nitrogens with zero attached hydrogens (tertiary/aromatic N) is 3. The van der Waals surface area contributed by atoms with Crippen molar-refractivity contribution in [3.05, 3.63) is 102 Å². The predicted molar refractivity (Wildman–Crippen MR) is 130 cm³/mol. The van der Waals surface area contributed by atoms with Crippen LogP contribution in [0.2, 0.25) is 0 Å². The van der Waals surface area contributed by atoms with Crippen LogP contribution in [0.5, 0.6) is 5.75 Å². The Morgan fingerprint density at radius 3 is 2.53 bits per heavy atom. The number of hydrogen-bond donors (Lipinski definition) is 1. The van der Waals surface area contributed by atoms with Gasteiger partial charge in [0.1, 0.15) is 11.6 Å². The SMILES string of the molecule is Cc1ccc(CCc2cccc(-c3nccn3C)c2O)nc1-c1ccc2ccccc2c1. The van der Waals surface area contributed by atoms with E-state index in [-0.39, 0.29) is 0 Å². The maximum atomic E-state index is 10.9. The molecular formula is C28H25N3O. The molecule has 0 spiro atoms. The van der Waals surface area contributed by atoms with Crippen LogP contribution in [0.1, 0.15) is 16.8 Å². The number of para-hydroxylation sites is 1. The second kappa shape index (κ2) is 8.31. The Morgan fingerprint density at radius 2 is 1.72 bits per heavy atom. The molecule has 0 unspecified atom stereocenters. The number of phenols is 1. The normalized spacial score (nSPS) is 11.2. The minimum atomic E-state index is 0.295. The number of pyridine rings is 1. The number of aryl methyl sites for hydroxylation is 4. The van der Waals surface area contributed by atoms with E-state index in [0.717, 1.165) is 45.9 Å². The molecule has 158 valence electrons. The molecule has 0 atom stereocenters. The zero-order valence-electron chi connectivity index (χ0n) is 18.3. The topological polar surface area (TPSA) is 50.9 Å². The van der Waals surface area contributed by atoms with Gasteiger partial charge in [-0.2, -0.15) is 0 Å². The van der Waals surface area contributed by atoms with Crippen molar-refractivity contribution in [3.63, 3.8) is 0 Å². The number of imidazole rings is 1.